The SMILES string of the molecule is c1csc(CNc2ccccc2SC2CCCC2)c1. The Kier molecular flexibility index (Phi) is 4.46. The van der Waals surface area contributed by atoms with Crippen molar-refractivity contribution in [3.05, 3.63) is 46.7 Å². The van der Waals surface area contributed by atoms with Gasteiger partial charge in [-0.2, -0.15) is 0 Å². The van der Waals surface area contributed by atoms with E-state index in [-0.39, 0.29) is 0 Å². The highest BCUT2D eigenvalue weighted by molar-refractivity contribution is 8.00. The number of thiophene rings is 1. The van der Waals surface area contributed by atoms with Crippen LogP contribution in [0.1, 0.15) is 30.6 Å². The monoisotopic (exact) mass is 289 g/mol. The number of benzene rings is 1. The molecule has 0 unspecified atom stereocenters. The molecule has 1 aromatic heterocycles. The Labute approximate surface area is 123 Å². The van der Waals surface area contributed by atoms with E-state index in [1.54, 1.807) is 0 Å². The van der Waals surface area contributed by atoms with E-state index in [4.69, 9.17) is 0 Å². The van der Waals surface area contributed by atoms with Crippen molar-refractivity contribution >= 4 is 28.8 Å². The maximum absolute atomic E-state index is 3.58. The second-order valence-electron chi connectivity index (χ2n) is 4.95. The molecule has 0 atom stereocenters. The van der Waals surface area contributed by atoms with Crippen LogP contribution in [0.4, 0.5) is 5.69 Å². The van der Waals surface area contributed by atoms with Crippen LogP contribution in [0.5, 0.6) is 0 Å². The highest BCUT2D eigenvalue weighted by Crippen LogP contribution is 2.38. The van der Waals surface area contributed by atoms with E-state index in [9.17, 15) is 0 Å². The quantitative estimate of drug-likeness (QED) is 0.791. The minimum atomic E-state index is 0.824. The number of rotatable bonds is 5. The molecule has 0 radical (unpaired) electrons. The van der Waals surface area contributed by atoms with Crippen LogP contribution in [-0.2, 0) is 6.54 Å². The predicted molar refractivity (Wildman–Crippen MR) is 86.2 cm³/mol. The lowest BCUT2D eigenvalue weighted by Crippen LogP contribution is -2.00. The molecule has 1 aliphatic carbocycles. The Balaban J connectivity index is 1.66. The zero-order chi connectivity index (χ0) is 12.9. The minimum Gasteiger partial charge on any atom is -0.379 e. The Morgan fingerprint density at radius 3 is 2.74 bits per heavy atom. The maximum atomic E-state index is 3.58. The summed E-state index contributed by atoms with van der Waals surface area (Å²) in [6, 6.07) is 13.0. The minimum absolute atomic E-state index is 0.824. The number of thioether (sulfide) groups is 1. The predicted octanol–water partition coefficient (Wildman–Crippen LogP) is 5.39. The summed E-state index contributed by atoms with van der Waals surface area (Å²) in [5.74, 6) is 0. The van der Waals surface area contributed by atoms with Crippen molar-refractivity contribution in [2.24, 2.45) is 0 Å². The molecule has 100 valence electrons. The van der Waals surface area contributed by atoms with Gasteiger partial charge in [-0.25, -0.2) is 0 Å². The summed E-state index contributed by atoms with van der Waals surface area (Å²) in [6.07, 6.45) is 5.57. The highest BCUT2D eigenvalue weighted by Gasteiger charge is 2.17. The van der Waals surface area contributed by atoms with Gasteiger partial charge in [0.2, 0.25) is 0 Å². The van der Waals surface area contributed by atoms with Gasteiger partial charge in [-0.15, -0.1) is 23.1 Å². The number of hydrogen-bond donors (Lipinski definition) is 1. The fraction of sp³-hybridized carbons (Fsp3) is 0.375. The molecule has 3 rings (SSSR count). The lowest BCUT2D eigenvalue weighted by atomic mass is 10.3. The van der Waals surface area contributed by atoms with Gasteiger partial charge in [-0.05, 0) is 36.4 Å². The molecule has 0 bridgehead atoms. The molecule has 1 fully saturated rings. The van der Waals surface area contributed by atoms with Crippen molar-refractivity contribution in [3.8, 4) is 0 Å². The average molecular weight is 289 g/mol. The van der Waals surface area contributed by atoms with E-state index >= 15 is 0 Å². The third-order valence-electron chi connectivity index (χ3n) is 3.52. The van der Waals surface area contributed by atoms with Gasteiger partial charge in [0.25, 0.3) is 0 Å². The largest absolute Gasteiger partial charge is 0.379 e. The first kappa shape index (κ1) is 13.1. The fourth-order valence-corrected chi connectivity index (χ4v) is 4.49. The second kappa shape index (κ2) is 6.49. The van der Waals surface area contributed by atoms with Crippen molar-refractivity contribution in [2.45, 2.75) is 42.4 Å². The average Bonchev–Trinajstić information content (AvgIpc) is 3.10. The Hall–Kier alpha value is -0.930. The molecule has 1 saturated carbocycles. The first-order valence-electron chi connectivity index (χ1n) is 6.94. The van der Waals surface area contributed by atoms with Gasteiger partial charge in [0.05, 0.1) is 0 Å². The van der Waals surface area contributed by atoms with Gasteiger partial charge in [0.15, 0.2) is 0 Å². The van der Waals surface area contributed by atoms with Gasteiger partial charge in [0, 0.05) is 27.3 Å². The van der Waals surface area contributed by atoms with Gasteiger partial charge >= 0.3 is 0 Å². The summed E-state index contributed by atoms with van der Waals surface area (Å²) < 4.78 is 0. The van der Waals surface area contributed by atoms with Crippen LogP contribution in [0, 0.1) is 0 Å². The number of nitrogens with one attached hydrogen (secondary N) is 1. The third-order valence-corrected chi connectivity index (χ3v) is 5.81. The summed E-state index contributed by atoms with van der Waals surface area (Å²) in [4.78, 5) is 2.80. The lowest BCUT2D eigenvalue weighted by Gasteiger charge is -2.14. The molecule has 1 nitrogen and oxygen atoms in total. The molecule has 1 N–H and O–H groups in total. The summed E-state index contributed by atoms with van der Waals surface area (Å²) in [5, 5.41) is 6.54. The molecular formula is C16H19NS2. The molecule has 1 heterocycles. The summed E-state index contributed by atoms with van der Waals surface area (Å²) in [5.41, 5.74) is 1.28. The standard InChI is InChI=1S/C16H19NS2/c1-2-7-13(6-1)19-16-10-4-3-9-15(16)17-12-14-8-5-11-18-14/h3-5,8-11,13,17H,1-2,6-7,12H2. The molecular weight excluding hydrogens is 270 g/mol. The van der Waals surface area contributed by atoms with Crippen LogP contribution in [-0.4, -0.2) is 5.25 Å². The van der Waals surface area contributed by atoms with Crippen molar-refractivity contribution in [1.82, 2.24) is 0 Å². The maximum Gasteiger partial charge on any atom is 0.0494 e. The summed E-state index contributed by atoms with van der Waals surface area (Å²) >= 11 is 3.87. The highest BCUT2D eigenvalue weighted by atomic mass is 32.2. The molecule has 0 amide bonds. The van der Waals surface area contributed by atoms with E-state index in [0.717, 1.165) is 11.8 Å². The Morgan fingerprint density at radius 1 is 1.11 bits per heavy atom. The van der Waals surface area contributed by atoms with Crippen LogP contribution in [0.15, 0.2) is 46.7 Å². The molecule has 3 heteroatoms. The van der Waals surface area contributed by atoms with E-state index < -0.39 is 0 Å². The first-order valence-corrected chi connectivity index (χ1v) is 8.70. The summed E-state index contributed by atoms with van der Waals surface area (Å²) in [6.45, 7) is 0.930. The molecule has 0 aliphatic heterocycles. The smallest absolute Gasteiger partial charge is 0.0494 e. The molecule has 0 spiro atoms. The lowest BCUT2D eigenvalue weighted by molar-refractivity contribution is 0.886. The topological polar surface area (TPSA) is 12.0 Å². The third kappa shape index (κ3) is 3.54. The Bertz CT molecular complexity index is 501. The van der Waals surface area contributed by atoms with Crippen LogP contribution in [0.2, 0.25) is 0 Å². The van der Waals surface area contributed by atoms with Gasteiger partial charge in [-0.1, -0.05) is 31.0 Å². The van der Waals surface area contributed by atoms with Crippen LogP contribution < -0.4 is 5.32 Å². The zero-order valence-corrected chi connectivity index (χ0v) is 12.6. The van der Waals surface area contributed by atoms with Gasteiger partial charge in [0.1, 0.15) is 0 Å². The van der Waals surface area contributed by atoms with Crippen molar-refractivity contribution in [3.63, 3.8) is 0 Å². The van der Waals surface area contributed by atoms with Crippen LogP contribution in [0.3, 0.4) is 0 Å². The van der Waals surface area contributed by atoms with Crippen molar-refractivity contribution in [1.29, 1.82) is 0 Å². The number of anilines is 1. The van der Waals surface area contributed by atoms with Gasteiger partial charge in [-0.3, -0.25) is 0 Å². The molecule has 1 aliphatic rings. The molecule has 1 aromatic carbocycles. The Morgan fingerprint density at radius 2 is 1.95 bits per heavy atom. The molecule has 19 heavy (non-hydrogen) atoms. The molecule has 2 aromatic rings. The molecule has 0 saturated heterocycles. The van der Waals surface area contributed by atoms with E-state index in [1.807, 2.05) is 11.3 Å². The first-order chi connectivity index (χ1) is 9.42. The summed E-state index contributed by atoms with van der Waals surface area (Å²) in [7, 11) is 0. The van der Waals surface area contributed by atoms with Gasteiger partial charge < -0.3 is 5.32 Å². The van der Waals surface area contributed by atoms with E-state index in [0.29, 0.717) is 0 Å². The number of hydrogen-bond acceptors (Lipinski definition) is 3. The van der Waals surface area contributed by atoms with Crippen molar-refractivity contribution in [2.75, 3.05) is 5.32 Å². The van der Waals surface area contributed by atoms with Crippen LogP contribution in [0.25, 0.3) is 0 Å². The van der Waals surface area contributed by atoms with Crippen molar-refractivity contribution < 1.29 is 0 Å². The number of para-hydroxylation sites is 1. The normalized spacial score (nSPS) is 15.8. The van der Waals surface area contributed by atoms with E-state index in [2.05, 4.69) is 58.9 Å². The van der Waals surface area contributed by atoms with E-state index in [1.165, 1.54) is 41.1 Å². The second-order valence-corrected chi connectivity index (χ2v) is 7.33. The fourth-order valence-electron chi connectivity index (χ4n) is 2.50. The van der Waals surface area contributed by atoms with Crippen LogP contribution >= 0.6 is 23.1 Å². The zero-order valence-electron chi connectivity index (χ0n) is 11.0.